The topological polar surface area (TPSA) is 78.0 Å². The second kappa shape index (κ2) is 10.2. The van der Waals surface area contributed by atoms with Crippen LogP contribution in [0.25, 0.3) is 11.6 Å². The first-order chi connectivity index (χ1) is 18.4. The van der Waals surface area contributed by atoms with Gasteiger partial charge < -0.3 is 4.90 Å². The van der Waals surface area contributed by atoms with Crippen LogP contribution in [0.2, 0.25) is 5.02 Å². The lowest BCUT2D eigenvalue weighted by Gasteiger charge is -2.48. The van der Waals surface area contributed by atoms with Gasteiger partial charge in [-0.05, 0) is 66.9 Å². The van der Waals surface area contributed by atoms with Crippen LogP contribution in [0.4, 0.5) is 15.8 Å². The number of sulfonamides is 2. The van der Waals surface area contributed by atoms with Crippen molar-refractivity contribution in [2.24, 2.45) is 0 Å². The summed E-state index contributed by atoms with van der Waals surface area (Å²) in [7, 11) is -7.40. The zero-order valence-electron chi connectivity index (χ0n) is 21.8. The van der Waals surface area contributed by atoms with Gasteiger partial charge in [-0.1, -0.05) is 41.9 Å². The lowest BCUT2D eigenvalue weighted by molar-refractivity contribution is 0.333. The van der Waals surface area contributed by atoms with Crippen LogP contribution in [0.5, 0.6) is 0 Å². The van der Waals surface area contributed by atoms with E-state index in [-0.39, 0.29) is 34.6 Å². The molecule has 1 atom stereocenters. The van der Waals surface area contributed by atoms with Gasteiger partial charge in [-0.25, -0.2) is 21.2 Å². The highest BCUT2D eigenvalue weighted by molar-refractivity contribution is 7.92. The maximum atomic E-state index is 14.6. The minimum atomic E-state index is -3.98. The first-order valence-electron chi connectivity index (χ1n) is 12.4. The molecule has 0 amide bonds. The Hall–Kier alpha value is -2.92. The number of rotatable bonds is 5. The summed E-state index contributed by atoms with van der Waals surface area (Å²) >= 11 is 6.27. The van der Waals surface area contributed by atoms with E-state index in [4.69, 9.17) is 11.6 Å². The van der Waals surface area contributed by atoms with Crippen LogP contribution in [0.15, 0.2) is 65.6 Å². The highest BCUT2D eigenvalue weighted by Gasteiger charge is 2.41. The van der Waals surface area contributed by atoms with Gasteiger partial charge in [-0.15, -0.1) is 0 Å². The maximum Gasteiger partial charge on any atom is 0.264 e. The normalized spacial score (nSPS) is 18.6. The van der Waals surface area contributed by atoms with E-state index in [0.717, 1.165) is 5.56 Å². The SMILES string of the molecule is C/C(=C\c1ccc2c(c1)N(S(=O)(=O)c1cccc(C)c1)C[C@@H]1CN(S(C)(=O)=O)CCN21)c1c(F)cccc1Cl. The Morgan fingerprint density at radius 3 is 2.41 bits per heavy atom. The Morgan fingerprint density at radius 2 is 1.72 bits per heavy atom. The number of fused-ring (bicyclic) bond motifs is 3. The van der Waals surface area contributed by atoms with Crippen molar-refractivity contribution >= 4 is 54.7 Å². The molecule has 11 heteroatoms. The molecule has 206 valence electrons. The van der Waals surface area contributed by atoms with Gasteiger partial charge in [0.2, 0.25) is 10.0 Å². The summed E-state index contributed by atoms with van der Waals surface area (Å²) in [5.41, 5.74) is 3.57. The molecule has 5 rings (SSSR count). The Balaban J connectivity index is 1.62. The fourth-order valence-electron chi connectivity index (χ4n) is 5.29. The van der Waals surface area contributed by atoms with Crippen molar-refractivity contribution in [2.75, 3.05) is 41.6 Å². The minimum absolute atomic E-state index is 0.0839. The second-order valence-electron chi connectivity index (χ2n) is 9.99. The van der Waals surface area contributed by atoms with Gasteiger partial charge in [0.25, 0.3) is 10.0 Å². The summed E-state index contributed by atoms with van der Waals surface area (Å²) in [6.45, 7) is 4.60. The monoisotopic (exact) mass is 589 g/mol. The number of halogens is 2. The summed E-state index contributed by atoms with van der Waals surface area (Å²) in [5.74, 6) is -0.440. The molecular formula is C28H29ClFN3O4S2. The number of piperazine rings is 1. The Kier molecular flexibility index (Phi) is 7.26. The number of benzene rings is 3. The molecule has 0 aromatic heterocycles. The molecule has 2 aliphatic heterocycles. The van der Waals surface area contributed by atoms with E-state index in [9.17, 15) is 21.2 Å². The van der Waals surface area contributed by atoms with Crippen LogP contribution in [0.3, 0.4) is 0 Å². The highest BCUT2D eigenvalue weighted by Crippen LogP contribution is 2.41. The van der Waals surface area contributed by atoms with Gasteiger partial charge in [0.15, 0.2) is 0 Å². The van der Waals surface area contributed by atoms with Crippen molar-refractivity contribution in [1.29, 1.82) is 0 Å². The van der Waals surface area contributed by atoms with Crippen molar-refractivity contribution in [3.63, 3.8) is 0 Å². The molecule has 1 fully saturated rings. The van der Waals surface area contributed by atoms with Gasteiger partial charge in [-0.2, -0.15) is 4.31 Å². The van der Waals surface area contributed by atoms with Crippen LogP contribution in [0.1, 0.15) is 23.6 Å². The Morgan fingerprint density at radius 1 is 0.974 bits per heavy atom. The van der Waals surface area contributed by atoms with Gasteiger partial charge in [-0.3, -0.25) is 4.31 Å². The van der Waals surface area contributed by atoms with E-state index in [0.29, 0.717) is 35.6 Å². The quantitative estimate of drug-likeness (QED) is 0.391. The van der Waals surface area contributed by atoms with Gasteiger partial charge in [0.1, 0.15) is 5.82 Å². The molecule has 0 bridgehead atoms. The van der Waals surface area contributed by atoms with Crippen LogP contribution in [-0.2, 0) is 20.0 Å². The van der Waals surface area contributed by atoms with Gasteiger partial charge >= 0.3 is 0 Å². The molecule has 3 aromatic carbocycles. The van der Waals surface area contributed by atoms with Gasteiger partial charge in [0.05, 0.1) is 40.1 Å². The molecule has 7 nitrogen and oxygen atoms in total. The largest absolute Gasteiger partial charge is 0.362 e. The Labute approximate surface area is 234 Å². The fraction of sp³-hybridized carbons (Fsp3) is 0.286. The third-order valence-electron chi connectivity index (χ3n) is 7.19. The lowest BCUT2D eigenvalue weighted by atomic mass is 10.0. The van der Waals surface area contributed by atoms with Crippen molar-refractivity contribution in [3.05, 3.63) is 88.2 Å². The molecule has 0 saturated carbocycles. The summed E-state index contributed by atoms with van der Waals surface area (Å²) in [6, 6.07) is 16.3. The van der Waals surface area contributed by atoms with Crippen LogP contribution < -0.4 is 9.21 Å². The molecule has 3 aromatic rings. The Bertz CT molecular complexity index is 1670. The highest BCUT2D eigenvalue weighted by atomic mass is 35.5. The van der Waals surface area contributed by atoms with E-state index in [2.05, 4.69) is 4.90 Å². The van der Waals surface area contributed by atoms with E-state index < -0.39 is 25.9 Å². The molecule has 1 saturated heterocycles. The molecule has 2 aliphatic rings. The smallest absolute Gasteiger partial charge is 0.264 e. The maximum absolute atomic E-state index is 14.6. The zero-order valence-corrected chi connectivity index (χ0v) is 24.2. The van der Waals surface area contributed by atoms with E-state index in [1.54, 1.807) is 49.4 Å². The fourth-order valence-corrected chi connectivity index (χ4v) is 8.07. The lowest BCUT2D eigenvalue weighted by Crippen LogP contribution is -2.61. The van der Waals surface area contributed by atoms with Crippen LogP contribution in [0, 0.1) is 12.7 Å². The molecule has 0 N–H and O–H groups in total. The second-order valence-corrected chi connectivity index (χ2v) is 14.2. The van der Waals surface area contributed by atoms with Crippen molar-refractivity contribution in [3.8, 4) is 0 Å². The number of hydrogen-bond acceptors (Lipinski definition) is 5. The van der Waals surface area contributed by atoms with E-state index in [1.807, 2.05) is 25.1 Å². The molecular weight excluding hydrogens is 561 g/mol. The molecule has 0 aliphatic carbocycles. The van der Waals surface area contributed by atoms with Crippen molar-refractivity contribution in [1.82, 2.24) is 4.31 Å². The summed E-state index contributed by atoms with van der Waals surface area (Å²) < 4.78 is 69.9. The average molecular weight is 590 g/mol. The number of aryl methyl sites for hydroxylation is 1. The number of nitrogens with zero attached hydrogens (tertiary/aromatic N) is 3. The van der Waals surface area contributed by atoms with Gasteiger partial charge in [0, 0.05) is 25.2 Å². The molecule has 0 spiro atoms. The average Bonchev–Trinajstić information content (AvgIpc) is 2.87. The summed E-state index contributed by atoms with van der Waals surface area (Å²) in [6.07, 6.45) is 2.94. The number of hydrogen-bond donors (Lipinski definition) is 0. The zero-order chi connectivity index (χ0) is 28.1. The van der Waals surface area contributed by atoms with E-state index in [1.165, 1.54) is 20.9 Å². The number of anilines is 2. The predicted molar refractivity (Wildman–Crippen MR) is 155 cm³/mol. The predicted octanol–water partition coefficient (Wildman–Crippen LogP) is 5.01. The third kappa shape index (κ3) is 5.30. The number of allylic oxidation sites excluding steroid dienone is 1. The standard InChI is InChI=1S/C28H29ClFN3O4S2/c1-19-6-4-7-23(14-19)39(36,37)33-18-22-17-31(38(3,34)35)12-13-32(22)26-11-10-21(16-27(26)33)15-20(2)28-24(29)8-5-9-25(28)30/h4-11,14-16,22H,12-13,17-18H2,1-3H3/b20-15+/t22-/m0/s1. The molecule has 2 heterocycles. The first-order valence-corrected chi connectivity index (χ1v) is 16.1. The summed E-state index contributed by atoms with van der Waals surface area (Å²) in [4.78, 5) is 2.24. The minimum Gasteiger partial charge on any atom is -0.362 e. The van der Waals surface area contributed by atoms with Crippen molar-refractivity contribution < 1.29 is 21.2 Å². The van der Waals surface area contributed by atoms with Crippen molar-refractivity contribution in [2.45, 2.75) is 24.8 Å². The summed E-state index contributed by atoms with van der Waals surface area (Å²) in [5, 5.41) is 0.289. The van der Waals surface area contributed by atoms with E-state index >= 15 is 0 Å². The third-order valence-corrected chi connectivity index (χ3v) is 10.5. The molecule has 0 radical (unpaired) electrons. The molecule has 39 heavy (non-hydrogen) atoms. The first kappa shape index (κ1) is 27.6. The van der Waals surface area contributed by atoms with Crippen LogP contribution >= 0.6 is 11.6 Å². The van der Waals surface area contributed by atoms with Crippen LogP contribution in [-0.4, -0.2) is 59.6 Å². The molecule has 0 unspecified atom stereocenters.